The van der Waals surface area contributed by atoms with Crippen molar-refractivity contribution in [2.24, 2.45) is 0 Å². The lowest BCUT2D eigenvalue weighted by Gasteiger charge is -2.27. The Morgan fingerprint density at radius 2 is 2.00 bits per heavy atom. The van der Waals surface area contributed by atoms with Gasteiger partial charge in [0, 0.05) is 6.04 Å². The molecule has 1 aromatic carbocycles. The molecular formula is C19H24N2O5S3. The van der Waals surface area contributed by atoms with Crippen molar-refractivity contribution in [2.75, 3.05) is 6.54 Å². The Balaban J connectivity index is 1.70. The van der Waals surface area contributed by atoms with E-state index in [1.165, 1.54) is 0 Å². The maximum Gasteiger partial charge on any atom is 0.419 e. The first kappa shape index (κ1) is 21.9. The number of aryl methyl sites for hydroxylation is 1. The number of fused-ring (bicyclic) bond motifs is 1. The van der Waals surface area contributed by atoms with Crippen LogP contribution < -0.4 is 10.0 Å². The van der Waals surface area contributed by atoms with Crippen molar-refractivity contribution in [3.05, 3.63) is 47.0 Å². The molecule has 2 heterocycles. The minimum atomic E-state index is -3.46. The molecule has 29 heavy (non-hydrogen) atoms. The summed E-state index contributed by atoms with van der Waals surface area (Å²) in [5.74, 6) is 0. The van der Waals surface area contributed by atoms with Crippen LogP contribution in [0.1, 0.15) is 43.0 Å². The maximum absolute atomic E-state index is 12.7. The van der Waals surface area contributed by atoms with Gasteiger partial charge in [-0.2, -0.15) is 0 Å². The Labute approximate surface area is 177 Å². The average Bonchev–Trinajstić information content (AvgIpc) is 3.13. The summed E-state index contributed by atoms with van der Waals surface area (Å²) in [5.41, 5.74) is 2.53. The highest BCUT2D eigenvalue weighted by atomic mass is 32.3. The summed E-state index contributed by atoms with van der Waals surface area (Å²) in [6, 6.07) is 9.00. The lowest BCUT2D eigenvalue weighted by molar-refractivity contribution is 0.146. The molecule has 7 nitrogen and oxygen atoms in total. The summed E-state index contributed by atoms with van der Waals surface area (Å²) >= 11 is 0.943. The fraction of sp³-hybridized carbons (Fsp3) is 0.421. The number of hydrogen-bond acceptors (Lipinski definition) is 7. The number of nitrogens with one attached hydrogen (secondary N) is 2. The van der Waals surface area contributed by atoms with E-state index < -0.39 is 32.2 Å². The number of ether oxygens (including phenoxy) is 1. The van der Waals surface area contributed by atoms with Crippen LogP contribution in [0.3, 0.4) is 0 Å². The Kier molecular flexibility index (Phi) is 6.77. The number of thiophene rings is 1. The van der Waals surface area contributed by atoms with Crippen LogP contribution in [-0.4, -0.2) is 30.5 Å². The third-order valence-corrected chi connectivity index (χ3v) is 9.96. The van der Waals surface area contributed by atoms with Gasteiger partial charge in [0.1, 0.15) is 15.0 Å². The fourth-order valence-electron chi connectivity index (χ4n) is 3.12. The van der Waals surface area contributed by atoms with E-state index in [4.69, 9.17) is 4.74 Å². The highest BCUT2D eigenvalue weighted by molar-refractivity contribution is 7.94. The minimum absolute atomic E-state index is 0.0542. The van der Waals surface area contributed by atoms with E-state index in [1.54, 1.807) is 13.0 Å². The summed E-state index contributed by atoms with van der Waals surface area (Å²) in [6.07, 6.45) is -0.368. The second kappa shape index (κ2) is 8.95. The molecule has 158 valence electrons. The zero-order valence-electron chi connectivity index (χ0n) is 16.4. The summed E-state index contributed by atoms with van der Waals surface area (Å²) < 4.78 is 45.8. The number of rotatable bonds is 6. The number of carbonyl (C=O) groups is 1. The van der Waals surface area contributed by atoms with E-state index in [1.807, 2.05) is 38.1 Å². The molecule has 0 saturated carbocycles. The summed E-state index contributed by atoms with van der Waals surface area (Å²) in [7, 11) is -5.36. The van der Waals surface area contributed by atoms with Crippen molar-refractivity contribution in [2.45, 2.75) is 53.5 Å². The van der Waals surface area contributed by atoms with Crippen molar-refractivity contribution in [1.29, 1.82) is 0 Å². The number of hydrogen-bond donors (Lipinski definition) is 2. The van der Waals surface area contributed by atoms with Gasteiger partial charge in [-0.15, -0.1) is 11.3 Å². The Hall–Kier alpha value is -1.75. The SMILES string of the molecule is CCN[C@H]1CC(C)S(=O)(=O)c2sc(S(=O)NC(=O)OCc3ccc(C)cc3)cc21. The predicted molar refractivity (Wildman–Crippen MR) is 113 cm³/mol. The zero-order valence-corrected chi connectivity index (χ0v) is 18.9. The molecule has 1 aromatic heterocycles. The molecular weight excluding hydrogens is 432 g/mol. The smallest absolute Gasteiger partial charge is 0.419 e. The van der Waals surface area contributed by atoms with Gasteiger partial charge in [0.2, 0.25) is 0 Å². The van der Waals surface area contributed by atoms with Crippen LogP contribution in [0.5, 0.6) is 0 Å². The summed E-state index contributed by atoms with van der Waals surface area (Å²) in [4.78, 5) is 12.0. The van der Waals surface area contributed by atoms with Crippen LogP contribution >= 0.6 is 11.3 Å². The van der Waals surface area contributed by atoms with Gasteiger partial charge >= 0.3 is 6.09 Å². The van der Waals surface area contributed by atoms with Crippen molar-refractivity contribution in [3.63, 3.8) is 0 Å². The van der Waals surface area contributed by atoms with Crippen molar-refractivity contribution in [1.82, 2.24) is 10.0 Å². The molecule has 0 saturated heterocycles. The molecule has 0 aliphatic carbocycles. The molecule has 1 amide bonds. The van der Waals surface area contributed by atoms with E-state index in [9.17, 15) is 17.4 Å². The van der Waals surface area contributed by atoms with Crippen LogP contribution in [0.15, 0.2) is 38.8 Å². The van der Waals surface area contributed by atoms with Crippen molar-refractivity contribution < 1.29 is 22.2 Å². The fourth-order valence-corrected chi connectivity index (χ4v) is 7.76. The zero-order chi connectivity index (χ0) is 21.2. The van der Waals surface area contributed by atoms with Crippen LogP contribution in [0.2, 0.25) is 0 Å². The molecule has 1 aliphatic rings. The normalized spacial score (nSPS) is 21.2. The van der Waals surface area contributed by atoms with E-state index in [0.29, 0.717) is 18.5 Å². The quantitative estimate of drug-likeness (QED) is 0.692. The topological polar surface area (TPSA) is 102 Å². The van der Waals surface area contributed by atoms with E-state index in [2.05, 4.69) is 10.0 Å². The van der Waals surface area contributed by atoms with Crippen molar-refractivity contribution >= 4 is 38.3 Å². The lowest BCUT2D eigenvalue weighted by Crippen LogP contribution is -2.33. The van der Waals surface area contributed by atoms with Crippen molar-refractivity contribution in [3.8, 4) is 0 Å². The molecule has 0 fully saturated rings. The van der Waals surface area contributed by atoms with Gasteiger partial charge in [0.25, 0.3) is 0 Å². The van der Waals surface area contributed by atoms with Gasteiger partial charge in [-0.3, -0.25) is 0 Å². The van der Waals surface area contributed by atoms with Gasteiger partial charge in [-0.05, 0) is 44.0 Å². The number of sulfone groups is 1. The first-order valence-electron chi connectivity index (χ1n) is 9.24. The third kappa shape index (κ3) is 4.88. The standard InChI is InChI=1S/C19H24N2O5S3/c1-4-20-16-9-13(3)29(24,25)18-15(16)10-17(27-18)28(23)21-19(22)26-11-14-7-5-12(2)6-8-14/h5-8,10,13,16,20H,4,9,11H2,1-3H3,(H,21,22)/t13?,16-,28?/m0/s1. The lowest BCUT2D eigenvalue weighted by atomic mass is 10.1. The molecule has 1 aliphatic heterocycles. The minimum Gasteiger partial charge on any atom is -0.444 e. The number of carbonyl (C=O) groups excluding carboxylic acids is 1. The van der Waals surface area contributed by atoms with Gasteiger partial charge in [-0.25, -0.2) is 22.1 Å². The third-order valence-electron chi connectivity index (χ3n) is 4.73. The van der Waals surface area contributed by atoms with E-state index in [0.717, 1.165) is 22.5 Å². The largest absolute Gasteiger partial charge is 0.444 e. The highest BCUT2D eigenvalue weighted by Gasteiger charge is 2.38. The van der Waals surface area contributed by atoms with Gasteiger partial charge in [0.15, 0.2) is 20.8 Å². The summed E-state index contributed by atoms with van der Waals surface area (Å²) in [5, 5.41) is 2.75. The molecule has 10 heteroatoms. The van der Waals surface area contributed by atoms with E-state index in [-0.39, 0.29) is 21.1 Å². The number of benzene rings is 1. The summed E-state index contributed by atoms with van der Waals surface area (Å²) in [6.45, 7) is 6.33. The monoisotopic (exact) mass is 456 g/mol. The predicted octanol–water partition coefficient (Wildman–Crippen LogP) is 3.22. The highest BCUT2D eigenvalue weighted by Crippen LogP contribution is 2.42. The number of amides is 1. The maximum atomic E-state index is 12.7. The molecule has 0 spiro atoms. The Morgan fingerprint density at radius 3 is 2.66 bits per heavy atom. The van der Waals surface area contributed by atoms with E-state index >= 15 is 0 Å². The molecule has 0 bridgehead atoms. The molecule has 3 rings (SSSR count). The molecule has 3 atom stereocenters. The van der Waals surface area contributed by atoms with Gasteiger partial charge < -0.3 is 10.1 Å². The van der Waals surface area contributed by atoms with Gasteiger partial charge in [-0.1, -0.05) is 36.8 Å². The molecule has 0 radical (unpaired) electrons. The Bertz CT molecular complexity index is 1010. The van der Waals surface area contributed by atoms with Crippen LogP contribution in [0.25, 0.3) is 0 Å². The Morgan fingerprint density at radius 1 is 1.31 bits per heavy atom. The molecule has 2 unspecified atom stereocenters. The first-order chi connectivity index (χ1) is 13.7. The molecule has 2 aromatic rings. The second-order valence-corrected chi connectivity index (χ2v) is 12.0. The first-order valence-corrected chi connectivity index (χ1v) is 12.8. The van der Waals surface area contributed by atoms with Gasteiger partial charge in [0.05, 0.1) is 5.25 Å². The second-order valence-electron chi connectivity index (χ2n) is 6.94. The van der Waals surface area contributed by atoms with Crippen LogP contribution in [0, 0.1) is 6.92 Å². The molecule has 2 N–H and O–H groups in total. The van der Waals surface area contributed by atoms with Crippen LogP contribution in [-0.2, 0) is 32.2 Å². The van der Waals surface area contributed by atoms with Crippen LogP contribution in [0.4, 0.5) is 4.79 Å². The average molecular weight is 457 g/mol.